The predicted octanol–water partition coefficient (Wildman–Crippen LogP) is 5.06. The summed E-state index contributed by atoms with van der Waals surface area (Å²) < 4.78 is 6.13. The van der Waals surface area contributed by atoms with Gasteiger partial charge in [-0.1, -0.05) is 54.1 Å². The molecule has 0 saturated heterocycles. The molecule has 12 heteroatoms. The summed E-state index contributed by atoms with van der Waals surface area (Å²) in [5, 5.41) is 26.1. The van der Waals surface area contributed by atoms with E-state index in [2.05, 4.69) is 41.1 Å². The Kier molecular flexibility index (Phi) is 8.90. The molecule has 0 saturated carbocycles. The highest BCUT2D eigenvalue weighted by atomic mass is 35.5. The SMILES string of the molecule is COC(=O)Nc1ccc(-c2cnnc(C(Cc3ccccc3)NC(=O)C=Cc3cc(Cl)ccc3-n3cnnn3)c2)cc1. The van der Waals surface area contributed by atoms with Crippen LogP contribution in [-0.4, -0.2) is 49.5 Å². The number of aromatic nitrogens is 6. The number of anilines is 1. The number of carbonyl (C=O) groups excluding carboxylic acids is 2. The maximum absolute atomic E-state index is 13.2. The standard InChI is InChI=1S/C30H25ClN8O3/c1-42-30(41)34-25-11-7-21(8-12-25)23-17-27(36-32-18-23)26(15-20-5-3-2-4-6-20)35-29(40)14-9-22-16-24(31)10-13-28(22)39-19-33-37-38-39/h2-14,16-19,26H,15H2,1H3,(H,34,41)(H,35,40). The number of carbonyl (C=O) groups is 2. The molecule has 5 rings (SSSR count). The molecule has 0 bridgehead atoms. The Balaban J connectivity index is 1.39. The molecule has 2 aromatic heterocycles. The molecule has 2 heterocycles. The number of hydrogen-bond donors (Lipinski definition) is 2. The van der Waals surface area contributed by atoms with Gasteiger partial charge in [-0.3, -0.25) is 10.1 Å². The number of benzene rings is 3. The van der Waals surface area contributed by atoms with Crippen LogP contribution in [0, 0.1) is 0 Å². The predicted molar refractivity (Wildman–Crippen MR) is 158 cm³/mol. The van der Waals surface area contributed by atoms with Crippen molar-refractivity contribution in [2.75, 3.05) is 12.4 Å². The van der Waals surface area contributed by atoms with E-state index in [9.17, 15) is 9.59 Å². The van der Waals surface area contributed by atoms with Crippen LogP contribution < -0.4 is 10.6 Å². The Morgan fingerprint density at radius 3 is 2.55 bits per heavy atom. The quantitative estimate of drug-likeness (QED) is 0.231. The summed E-state index contributed by atoms with van der Waals surface area (Å²) in [5.74, 6) is -0.330. The Bertz CT molecular complexity index is 1690. The molecule has 2 N–H and O–H groups in total. The van der Waals surface area contributed by atoms with E-state index in [-0.39, 0.29) is 5.91 Å². The van der Waals surface area contributed by atoms with E-state index >= 15 is 0 Å². The lowest BCUT2D eigenvalue weighted by molar-refractivity contribution is -0.117. The van der Waals surface area contributed by atoms with Crippen LogP contribution in [0.3, 0.4) is 0 Å². The van der Waals surface area contributed by atoms with Crippen molar-refractivity contribution >= 4 is 35.4 Å². The third-order valence-electron chi connectivity index (χ3n) is 6.28. The minimum atomic E-state index is -0.550. The molecular formula is C30H25ClN8O3. The number of ether oxygens (including phenoxy) is 1. The van der Waals surface area contributed by atoms with Crippen molar-refractivity contribution in [1.82, 2.24) is 35.7 Å². The molecule has 11 nitrogen and oxygen atoms in total. The van der Waals surface area contributed by atoms with Crippen molar-refractivity contribution in [3.8, 4) is 16.8 Å². The summed E-state index contributed by atoms with van der Waals surface area (Å²) >= 11 is 6.22. The lowest BCUT2D eigenvalue weighted by atomic mass is 10.00. The molecule has 0 aliphatic rings. The van der Waals surface area contributed by atoms with Crippen LogP contribution in [0.2, 0.25) is 5.02 Å². The van der Waals surface area contributed by atoms with Gasteiger partial charge in [0.15, 0.2) is 0 Å². The summed E-state index contributed by atoms with van der Waals surface area (Å²) in [5.41, 5.74) is 5.20. The first kappa shape index (κ1) is 28.1. The normalized spacial score (nSPS) is 11.7. The van der Waals surface area contributed by atoms with Gasteiger partial charge in [-0.2, -0.15) is 14.9 Å². The number of amides is 2. The molecular weight excluding hydrogens is 556 g/mol. The first-order chi connectivity index (χ1) is 20.5. The van der Waals surface area contributed by atoms with Gasteiger partial charge in [0, 0.05) is 27.9 Å². The van der Waals surface area contributed by atoms with Crippen molar-refractivity contribution in [1.29, 1.82) is 0 Å². The number of nitrogens with zero attached hydrogens (tertiary/aromatic N) is 6. The van der Waals surface area contributed by atoms with Crippen LogP contribution in [0.1, 0.15) is 22.9 Å². The van der Waals surface area contributed by atoms with E-state index in [1.807, 2.05) is 48.5 Å². The van der Waals surface area contributed by atoms with Gasteiger partial charge in [-0.25, -0.2) is 4.79 Å². The van der Waals surface area contributed by atoms with Crippen molar-refractivity contribution in [3.05, 3.63) is 119 Å². The number of nitrogens with one attached hydrogen (secondary N) is 2. The van der Waals surface area contributed by atoms with E-state index in [4.69, 9.17) is 11.6 Å². The van der Waals surface area contributed by atoms with Gasteiger partial charge in [0.05, 0.1) is 30.7 Å². The van der Waals surface area contributed by atoms with Crippen molar-refractivity contribution < 1.29 is 14.3 Å². The molecule has 3 aromatic carbocycles. The molecule has 5 aromatic rings. The topological polar surface area (TPSA) is 137 Å². The largest absolute Gasteiger partial charge is 0.453 e. The lowest BCUT2D eigenvalue weighted by Gasteiger charge is -2.18. The van der Waals surface area contributed by atoms with Gasteiger partial charge >= 0.3 is 6.09 Å². The van der Waals surface area contributed by atoms with Crippen LogP contribution in [-0.2, 0) is 16.0 Å². The number of halogens is 1. The smallest absolute Gasteiger partial charge is 0.411 e. The van der Waals surface area contributed by atoms with Gasteiger partial charge in [0.1, 0.15) is 6.33 Å². The minimum absolute atomic E-state index is 0.330. The zero-order chi connectivity index (χ0) is 29.3. The summed E-state index contributed by atoms with van der Waals surface area (Å²) in [7, 11) is 1.31. The van der Waals surface area contributed by atoms with E-state index in [1.165, 1.54) is 24.2 Å². The van der Waals surface area contributed by atoms with Gasteiger partial charge in [0.25, 0.3) is 0 Å². The Labute approximate surface area is 246 Å². The second kappa shape index (κ2) is 13.3. The first-order valence-electron chi connectivity index (χ1n) is 12.8. The average Bonchev–Trinajstić information content (AvgIpc) is 3.56. The van der Waals surface area contributed by atoms with E-state index in [0.29, 0.717) is 34.1 Å². The molecule has 0 aliphatic carbocycles. The Morgan fingerprint density at radius 2 is 1.81 bits per heavy atom. The van der Waals surface area contributed by atoms with Crippen LogP contribution in [0.5, 0.6) is 0 Å². The number of tetrazole rings is 1. The second-order valence-corrected chi connectivity index (χ2v) is 9.54. The zero-order valence-corrected chi connectivity index (χ0v) is 23.1. The van der Waals surface area contributed by atoms with Gasteiger partial charge in [-0.05, 0) is 70.4 Å². The summed E-state index contributed by atoms with van der Waals surface area (Å²) in [6.07, 6.45) is 6.14. The van der Waals surface area contributed by atoms with Crippen LogP contribution >= 0.6 is 11.6 Å². The molecule has 1 atom stereocenters. The lowest BCUT2D eigenvalue weighted by Crippen LogP contribution is -2.29. The van der Waals surface area contributed by atoms with E-state index in [1.54, 1.807) is 42.6 Å². The molecule has 1 unspecified atom stereocenters. The van der Waals surface area contributed by atoms with Crippen molar-refractivity contribution in [2.24, 2.45) is 0 Å². The van der Waals surface area contributed by atoms with Gasteiger partial charge in [0.2, 0.25) is 5.91 Å². The first-order valence-corrected chi connectivity index (χ1v) is 13.2. The van der Waals surface area contributed by atoms with Crippen LogP contribution in [0.15, 0.2) is 97.5 Å². The van der Waals surface area contributed by atoms with Crippen molar-refractivity contribution in [2.45, 2.75) is 12.5 Å². The van der Waals surface area contributed by atoms with Gasteiger partial charge in [-0.15, -0.1) is 5.10 Å². The summed E-state index contributed by atoms with van der Waals surface area (Å²) in [4.78, 5) is 24.7. The molecule has 2 amide bonds. The van der Waals surface area contributed by atoms with Crippen LogP contribution in [0.4, 0.5) is 10.5 Å². The summed E-state index contributed by atoms with van der Waals surface area (Å²) in [6, 6.07) is 23.7. The highest BCUT2D eigenvalue weighted by Gasteiger charge is 2.18. The summed E-state index contributed by atoms with van der Waals surface area (Å²) in [6.45, 7) is 0. The van der Waals surface area contributed by atoms with E-state index < -0.39 is 12.1 Å². The molecule has 0 spiro atoms. The van der Waals surface area contributed by atoms with E-state index in [0.717, 1.165) is 16.7 Å². The maximum Gasteiger partial charge on any atom is 0.411 e. The number of hydrogen-bond acceptors (Lipinski definition) is 8. The highest BCUT2D eigenvalue weighted by molar-refractivity contribution is 6.30. The Hall–Kier alpha value is -5.42. The third-order valence-corrected chi connectivity index (χ3v) is 6.51. The zero-order valence-electron chi connectivity index (χ0n) is 22.4. The molecule has 0 fully saturated rings. The fourth-order valence-corrected chi connectivity index (χ4v) is 4.41. The Morgan fingerprint density at radius 1 is 1.00 bits per heavy atom. The monoisotopic (exact) mass is 580 g/mol. The molecule has 0 aliphatic heterocycles. The average molecular weight is 581 g/mol. The third kappa shape index (κ3) is 7.20. The molecule has 210 valence electrons. The fourth-order valence-electron chi connectivity index (χ4n) is 4.23. The maximum atomic E-state index is 13.2. The number of methoxy groups -OCH3 is 1. The second-order valence-electron chi connectivity index (χ2n) is 9.10. The highest BCUT2D eigenvalue weighted by Crippen LogP contribution is 2.25. The molecule has 0 radical (unpaired) electrons. The molecule has 42 heavy (non-hydrogen) atoms. The number of rotatable bonds is 9. The van der Waals surface area contributed by atoms with Crippen LogP contribution in [0.25, 0.3) is 22.9 Å². The van der Waals surface area contributed by atoms with Crippen molar-refractivity contribution in [3.63, 3.8) is 0 Å². The minimum Gasteiger partial charge on any atom is -0.453 e. The fraction of sp³-hybridized carbons (Fsp3) is 0.100. The van der Waals surface area contributed by atoms with Gasteiger partial charge < -0.3 is 10.1 Å².